The second-order valence-corrected chi connectivity index (χ2v) is 4.09. The molecule has 0 amide bonds. The van der Waals surface area contributed by atoms with E-state index in [0.29, 0.717) is 6.42 Å². The van der Waals surface area contributed by atoms with Gasteiger partial charge < -0.3 is 5.11 Å². The van der Waals surface area contributed by atoms with Gasteiger partial charge in [0.2, 0.25) is 0 Å². The highest BCUT2D eigenvalue weighted by atomic mass is 19.1. The normalized spacial score (nSPS) is 10.5. The summed E-state index contributed by atoms with van der Waals surface area (Å²) in [6, 6.07) is 14.7. The fourth-order valence-corrected chi connectivity index (χ4v) is 1.79. The van der Waals surface area contributed by atoms with E-state index in [2.05, 4.69) is 0 Å². The van der Waals surface area contributed by atoms with Crippen LogP contribution in [0.3, 0.4) is 0 Å². The van der Waals surface area contributed by atoms with Gasteiger partial charge in [-0.3, -0.25) is 0 Å². The Hall–Kier alpha value is -1.67. The van der Waals surface area contributed by atoms with Gasteiger partial charge in [-0.05, 0) is 41.7 Å². The molecule has 2 heteroatoms. The maximum absolute atomic E-state index is 12.7. The van der Waals surface area contributed by atoms with Crippen LogP contribution in [0, 0.1) is 5.82 Å². The predicted octanol–water partition coefficient (Wildman–Crippen LogP) is 2.95. The van der Waals surface area contributed by atoms with Crippen LogP contribution in [0.25, 0.3) is 0 Å². The SMILES string of the molecule is OCCc1ccc(Cc2ccc(F)cc2)cc1. The van der Waals surface area contributed by atoms with Gasteiger partial charge in [-0.2, -0.15) is 0 Å². The monoisotopic (exact) mass is 230 g/mol. The number of halogens is 1. The molecular weight excluding hydrogens is 215 g/mol. The maximum atomic E-state index is 12.7. The van der Waals surface area contributed by atoms with Crippen LogP contribution in [0.5, 0.6) is 0 Å². The van der Waals surface area contributed by atoms with Crippen molar-refractivity contribution in [2.24, 2.45) is 0 Å². The van der Waals surface area contributed by atoms with E-state index in [9.17, 15) is 4.39 Å². The molecule has 0 fully saturated rings. The molecular formula is C15H15FO. The first kappa shape index (κ1) is 11.8. The third-order valence-corrected chi connectivity index (χ3v) is 2.74. The van der Waals surface area contributed by atoms with Gasteiger partial charge in [0.25, 0.3) is 0 Å². The summed E-state index contributed by atoms with van der Waals surface area (Å²) in [6.07, 6.45) is 1.50. The minimum atomic E-state index is -0.202. The highest BCUT2D eigenvalue weighted by Crippen LogP contribution is 2.11. The van der Waals surface area contributed by atoms with Gasteiger partial charge >= 0.3 is 0 Å². The summed E-state index contributed by atoms with van der Waals surface area (Å²) in [5.41, 5.74) is 3.43. The molecule has 0 radical (unpaired) electrons. The molecule has 2 aromatic carbocycles. The molecule has 0 aliphatic heterocycles. The average Bonchev–Trinajstić information content (AvgIpc) is 2.35. The Labute approximate surface area is 101 Å². The minimum absolute atomic E-state index is 0.178. The Morgan fingerprint density at radius 1 is 0.765 bits per heavy atom. The van der Waals surface area contributed by atoms with Crippen LogP contribution in [0.15, 0.2) is 48.5 Å². The van der Waals surface area contributed by atoms with E-state index in [1.54, 1.807) is 12.1 Å². The zero-order valence-corrected chi connectivity index (χ0v) is 9.57. The van der Waals surface area contributed by atoms with E-state index in [-0.39, 0.29) is 12.4 Å². The van der Waals surface area contributed by atoms with Crippen molar-refractivity contribution in [3.63, 3.8) is 0 Å². The van der Waals surface area contributed by atoms with Gasteiger partial charge in [-0.15, -0.1) is 0 Å². The number of rotatable bonds is 4. The third kappa shape index (κ3) is 3.40. The fourth-order valence-electron chi connectivity index (χ4n) is 1.79. The van der Waals surface area contributed by atoms with Crippen molar-refractivity contribution in [3.8, 4) is 0 Å². The molecule has 0 spiro atoms. The van der Waals surface area contributed by atoms with E-state index in [4.69, 9.17) is 5.11 Å². The molecule has 0 aliphatic rings. The average molecular weight is 230 g/mol. The minimum Gasteiger partial charge on any atom is -0.396 e. The third-order valence-electron chi connectivity index (χ3n) is 2.74. The number of benzene rings is 2. The van der Waals surface area contributed by atoms with E-state index in [0.717, 1.165) is 17.5 Å². The topological polar surface area (TPSA) is 20.2 Å². The molecule has 0 aliphatic carbocycles. The van der Waals surface area contributed by atoms with Crippen molar-refractivity contribution in [2.75, 3.05) is 6.61 Å². The van der Waals surface area contributed by atoms with E-state index in [1.165, 1.54) is 17.7 Å². The summed E-state index contributed by atoms with van der Waals surface area (Å²) in [6.45, 7) is 0.178. The number of hydrogen-bond acceptors (Lipinski definition) is 1. The Morgan fingerprint density at radius 2 is 1.24 bits per heavy atom. The molecule has 0 saturated carbocycles. The van der Waals surface area contributed by atoms with Crippen molar-refractivity contribution in [1.29, 1.82) is 0 Å². The number of aliphatic hydroxyl groups is 1. The molecule has 1 N–H and O–H groups in total. The quantitative estimate of drug-likeness (QED) is 0.856. The molecule has 0 atom stereocenters. The van der Waals surface area contributed by atoms with Crippen LogP contribution in [-0.4, -0.2) is 11.7 Å². The van der Waals surface area contributed by atoms with Crippen LogP contribution in [0.1, 0.15) is 16.7 Å². The molecule has 0 bridgehead atoms. The molecule has 2 rings (SSSR count). The highest BCUT2D eigenvalue weighted by molar-refractivity contribution is 5.28. The summed E-state index contributed by atoms with van der Waals surface area (Å²) in [5, 5.41) is 8.81. The van der Waals surface area contributed by atoms with Crippen molar-refractivity contribution in [2.45, 2.75) is 12.8 Å². The van der Waals surface area contributed by atoms with Gasteiger partial charge in [0, 0.05) is 6.61 Å². The van der Waals surface area contributed by atoms with Crippen LogP contribution in [0.4, 0.5) is 4.39 Å². The van der Waals surface area contributed by atoms with Crippen molar-refractivity contribution in [1.82, 2.24) is 0 Å². The maximum Gasteiger partial charge on any atom is 0.123 e. The largest absolute Gasteiger partial charge is 0.396 e. The lowest BCUT2D eigenvalue weighted by molar-refractivity contribution is 0.299. The molecule has 2 aromatic rings. The van der Waals surface area contributed by atoms with E-state index < -0.39 is 0 Å². The van der Waals surface area contributed by atoms with Gasteiger partial charge in [0.15, 0.2) is 0 Å². The summed E-state index contributed by atoms with van der Waals surface area (Å²) in [4.78, 5) is 0. The van der Waals surface area contributed by atoms with Crippen molar-refractivity contribution < 1.29 is 9.50 Å². The van der Waals surface area contributed by atoms with Gasteiger partial charge in [-0.25, -0.2) is 4.39 Å². The molecule has 0 aromatic heterocycles. The standard InChI is InChI=1S/C15H15FO/c16-15-7-5-14(6-8-15)11-13-3-1-12(2-4-13)9-10-17/h1-8,17H,9-11H2. The van der Waals surface area contributed by atoms with Gasteiger partial charge in [-0.1, -0.05) is 36.4 Å². The first-order valence-electron chi connectivity index (χ1n) is 5.71. The predicted molar refractivity (Wildman–Crippen MR) is 66.4 cm³/mol. The second kappa shape index (κ2) is 5.60. The molecule has 17 heavy (non-hydrogen) atoms. The Kier molecular flexibility index (Phi) is 3.89. The van der Waals surface area contributed by atoms with Crippen LogP contribution < -0.4 is 0 Å². The summed E-state index contributed by atoms with van der Waals surface area (Å²) >= 11 is 0. The second-order valence-electron chi connectivity index (χ2n) is 4.09. The Bertz CT molecular complexity index is 459. The van der Waals surface area contributed by atoms with Crippen LogP contribution >= 0.6 is 0 Å². The fraction of sp³-hybridized carbons (Fsp3) is 0.200. The van der Waals surface area contributed by atoms with Crippen molar-refractivity contribution >= 4 is 0 Å². The van der Waals surface area contributed by atoms with Crippen LogP contribution in [-0.2, 0) is 12.8 Å². The summed E-state index contributed by atoms with van der Waals surface area (Å²) in [5.74, 6) is -0.202. The number of aliphatic hydroxyl groups excluding tert-OH is 1. The summed E-state index contributed by atoms with van der Waals surface area (Å²) < 4.78 is 12.7. The zero-order valence-electron chi connectivity index (χ0n) is 9.57. The first-order chi connectivity index (χ1) is 8.28. The zero-order chi connectivity index (χ0) is 12.1. The van der Waals surface area contributed by atoms with E-state index >= 15 is 0 Å². The molecule has 0 saturated heterocycles. The smallest absolute Gasteiger partial charge is 0.123 e. The first-order valence-corrected chi connectivity index (χ1v) is 5.71. The molecule has 0 unspecified atom stereocenters. The number of hydrogen-bond donors (Lipinski definition) is 1. The molecule has 0 heterocycles. The van der Waals surface area contributed by atoms with Crippen LogP contribution in [0.2, 0.25) is 0 Å². The van der Waals surface area contributed by atoms with E-state index in [1.807, 2.05) is 24.3 Å². The molecule has 88 valence electrons. The lowest BCUT2D eigenvalue weighted by Crippen LogP contribution is -1.92. The lowest BCUT2D eigenvalue weighted by Gasteiger charge is -2.03. The van der Waals surface area contributed by atoms with Crippen molar-refractivity contribution in [3.05, 3.63) is 71.0 Å². The summed E-state index contributed by atoms with van der Waals surface area (Å²) in [7, 11) is 0. The lowest BCUT2D eigenvalue weighted by atomic mass is 10.0. The highest BCUT2D eigenvalue weighted by Gasteiger charge is 1.98. The van der Waals surface area contributed by atoms with Gasteiger partial charge in [0.05, 0.1) is 0 Å². The van der Waals surface area contributed by atoms with Gasteiger partial charge in [0.1, 0.15) is 5.82 Å². The Balaban J connectivity index is 2.05. The Morgan fingerprint density at radius 3 is 1.76 bits per heavy atom. The molecule has 1 nitrogen and oxygen atoms in total.